The summed E-state index contributed by atoms with van der Waals surface area (Å²) in [7, 11) is -2.85. The zero-order valence-electron chi connectivity index (χ0n) is 9.33. The molecule has 0 aromatic heterocycles. The molecule has 17 heavy (non-hydrogen) atoms. The van der Waals surface area contributed by atoms with Crippen LogP contribution in [0.5, 0.6) is 5.75 Å². The van der Waals surface area contributed by atoms with Crippen LogP contribution in [0.2, 0.25) is 0 Å². The minimum atomic E-state index is -2.85. The summed E-state index contributed by atoms with van der Waals surface area (Å²) in [6.07, 6.45) is 1.83. The third-order valence-corrected chi connectivity index (χ3v) is 4.39. The van der Waals surface area contributed by atoms with E-state index in [9.17, 15) is 13.2 Å². The van der Waals surface area contributed by atoms with E-state index in [1.165, 1.54) is 0 Å². The van der Waals surface area contributed by atoms with Gasteiger partial charge in [0.2, 0.25) is 0 Å². The Labute approximate surface area is 101 Å². The van der Waals surface area contributed by atoms with Gasteiger partial charge in [-0.05, 0) is 24.1 Å². The van der Waals surface area contributed by atoms with Crippen molar-refractivity contribution in [2.75, 3.05) is 11.5 Å². The van der Waals surface area contributed by atoms with Gasteiger partial charge < -0.3 is 9.53 Å². The Bertz CT molecular complexity index is 495. The number of hydrogen-bond acceptors (Lipinski definition) is 4. The summed E-state index contributed by atoms with van der Waals surface area (Å²) in [4.78, 5) is 10.3. The lowest BCUT2D eigenvalue weighted by atomic mass is 10.1. The monoisotopic (exact) mass is 254 g/mol. The maximum absolute atomic E-state index is 11.0. The summed E-state index contributed by atoms with van der Waals surface area (Å²) in [5.74, 6) is 0.880. The van der Waals surface area contributed by atoms with Gasteiger partial charge in [-0.15, -0.1) is 0 Å². The predicted molar refractivity (Wildman–Crippen MR) is 63.9 cm³/mol. The number of rotatable bonds is 5. The second-order valence-electron chi connectivity index (χ2n) is 4.17. The SMILES string of the molecule is O=CCCc1cccc(OC2CS(=O)(=O)C2)c1. The lowest BCUT2D eigenvalue weighted by Crippen LogP contribution is -2.45. The number of hydrogen-bond donors (Lipinski definition) is 0. The number of aldehydes is 1. The summed E-state index contributed by atoms with van der Waals surface area (Å²) >= 11 is 0. The van der Waals surface area contributed by atoms with Gasteiger partial charge in [0.1, 0.15) is 18.1 Å². The van der Waals surface area contributed by atoms with Gasteiger partial charge in [-0.1, -0.05) is 12.1 Å². The molecular weight excluding hydrogens is 240 g/mol. The highest BCUT2D eigenvalue weighted by Crippen LogP contribution is 2.21. The third-order valence-electron chi connectivity index (χ3n) is 2.63. The third kappa shape index (κ3) is 3.30. The minimum Gasteiger partial charge on any atom is -0.488 e. The van der Waals surface area contributed by atoms with Gasteiger partial charge in [0.15, 0.2) is 9.84 Å². The Morgan fingerprint density at radius 1 is 1.35 bits per heavy atom. The molecule has 4 nitrogen and oxygen atoms in total. The first-order valence-electron chi connectivity index (χ1n) is 5.49. The Hall–Kier alpha value is -1.36. The van der Waals surface area contributed by atoms with Crippen molar-refractivity contribution in [3.8, 4) is 5.75 Å². The average molecular weight is 254 g/mol. The number of carbonyl (C=O) groups is 1. The maximum atomic E-state index is 11.0. The molecule has 1 heterocycles. The highest BCUT2D eigenvalue weighted by Gasteiger charge is 2.35. The Morgan fingerprint density at radius 2 is 2.12 bits per heavy atom. The van der Waals surface area contributed by atoms with E-state index >= 15 is 0 Å². The first-order valence-corrected chi connectivity index (χ1v) is 7.31. The summed E-state index contributed by atoms with van der Waals surface area (Å²) in [6.45, 7) is 0. The van der Waals surface area contributed by atoms with Gasteiger partial charge in [0.05, 0.1) is 11.5 Å². The minimum absolute atomic E-state index is 0.103. The first-order chi connectivity index (χ1) is 8.09. The zero-order valence-corrected chi connectivity index (χ0v) is 10.2. The second-order valence-corrected chi connectivity index (χ2v) is 6.32. The van der Waals surface area contributed by atoms with Crippen LogP contribution in [0.25, 0.3) is 0 Å². The van der Waals surface area contributed by atoms with Crippen LogP contribution < -0.4 is 4.74 Å². The van der Waals surface area contributed by atoms with Crippen molar-refractivity contribution in [2.45, 2.75) is 18.9 Å². The lowest BCUT2D eigenvalue weighted by Gasteiger charge is -2.26. The number of benzene rings is 1. The largest absolute Gasteiger partial charge is 0.488 e. The van der Waals surface area contributed by atoms with E-state index in [2.05, 4.69) is 0 Å². The van der Waals surface area contributed by atoms with Gasteiger partial charge >= 0.3 is 0 Å². The van der Waals surface area contributed by atoms with Gasteiger partial charge in [0, 0.05) is 6.42 Å². The molecule has 1 fully saturated rings. The van der Waals surface area contributed by atoms with Gasteiger partial charge in [-0.3, -0.25) is 0 Å². The van der Waals surface area contributed by atoms with Gasteiger partial charge in [-0.25, -0.2) is 8.42 Å². The van der Waals surface area contributed by atoms with Crippen molar-refractivity contribution in [1.29, 1.82) is 0 Å². The van der Waals surface area contributed by atoms with E-state index in [-0.39, 0.29) is 17.6 Å². The van der Waals surface area contributed by atoms with E-state index in [0.29, 0.717) is 18.6 Å². The van der Waals surface area contributed by atoms with Crippen molar-refractivity contribution >= 4 is 16.1 Å². The highest BCUT2D eigenvalue weighted by atomic mass is 32.2. The summed E-state index contributed by atoms with van der Waals surface area (Å²) in [6, 6.07) is 7.43. The molecule has 5 heteroatoms. The highest BCUT2D eigenvalue weighted by molar-refractivity contribution is 7.92. The molecule has 2 rings (SSSR count). The van der Waals surface area contributed by atoms with Gasteiger partial charge in [-0.2, -0.15) is 0 Å². The van der Waals surface area contributed by atoms with Crippen LogP contribution in [0.3, 0.4) is 0 Å². The number of carbonyl (C=O) groups excluding carboxylic acids is 1. The van der Waals surface area contributed by atoms with Crippen molar-refractivity contribution in [1.82, 2.24) is 0 Å². The standard InChI is InChI=1S/C12H14O4S/c13-6-2-4-10-3-1-5-11(7-10)16-12-8-17(14,15)9-12/h1,3,5-7,12H,2,4,8-9H2. The molecule has 0 aliphatic carbocycles. The van der Waals surface area contributed by atoms with Crippen molar-refractivity contribution < 1.29 is 17.9 Å². The summed E-state index contributed by atoms with van der Waals surface area (Å²) in [5.41, 5.74) is 1.02. The van der Waals surface area contributed by atoms with E-state index in [1.54, 1.807) is 6.07 Å². The normalized spacial score (nSPS) is 18.4. The molecule has 0 bridgehead atoms. The summed E-state index contributed by atoms with van der Waals surface area (Å²) < 4.78 is 27.5. The fraction of sp³-hybridized carbons (Fsp3) is 0.417. The Balaban J connectivity index is 1.95. The van der Waals surface area contributed by atoms with E-state index in [1.807, 2.05) is 18.2 Å². The molecule has 0 spiro atoms. The fourth-order valence-corrected chi connectivity index (χ4v) is 2.95. The molecule has 0 atom stereocenters. The molecule has 1 aliphatic rings. The molecule has 0 amide bonds. The van der Waals surface area contributed by atoms with Crippen LogP contribution in [-0.2, 0) is 21.1 Å². The van der Waals surface area contributed by atoms with Crippen LogP contribution >= 0.6 is 0 Å². The van der Waals surface area contributed by atoms with Crippen LogP contribution in [-0.4, -0.2) is 32.3 Å². The van der Waals surface area contributed by atoms with Crippen molar-refractivity contribution in [2.24, 2.45) is 0 Å². The number of sulfone groups is 1. The molecular formula is C12H14O4S. The quantitative estimate of drug-likeness (QED) is 0.735. The van der Waals surface area contributed by atoms with Crippen LogP contribution in [0, 0.1) is 0 Å². The molecule has 1 saturated heterocycles. The fourth-order valence-electron chi connectivity index (χ4n) is 1.78. The van der Waals surface area contributed by atoms with E-state index in [0.717, 1.165) is 11.8 Å². The maximum Gasteiger partial charge on any atom is 0.157 e. The van der Waals surface area contributed by atoms with E-state index in [4.69, 9.17) is 4.74 Å². The van der Waals surface area contributed by atoms with Crippen LogP contribution in [0.4, 0.5) is 0 Å². The van der Waals surface area contributed by atoms with Crippen LogP contribution in [0.15, 0.2) is 24.3 Å². The topological polar surface area (TPSA) is 60.4 Å². The zero-order chi connectivity index (χ0) is 12.3. The average Bonchev–Trinajstić information content (AvgIpc) is 2.24. The second kappa shape index (κ2) is 4.87. The predicted octanol–water partition coefficient (Wildman–Crippen LogP) is 0.994. The van der Waals surface area contributed by atoms with Crippen LogP contribution in [0.1, 0.15) is 12.0 Å². The Kier molecular flexibility index (Phi) is 3.47. The molecule has 0 unspecified atom stereocenters. The molecule has 0 radical (unpaired) electrons. The van der Waals surface area contributed by atoms with Crippen molar-refractivity contribution in [3.05, 3.63) is 29.8 Å². The molecule has 92 valence electrons. The molecule has 1 aromatic rings. The molecule has 1 aromatic carbocycles. The van der Waals surface area contributed by atoms with E-state index < -0.39 is 9.84 Å². The molecule has 1 aliphatic heterocycles. The molecule has 0 N–H and O–H groups in total. The molecule has 0 saturated carbocycles. The van der Waals surface area contributed by atoms with Crippen molar-refractivity contribution in [3.63, 3.8) is 0 Å². The number of ether oxygens (including phenoxy) is 1. The number of aryl methyl sites for hydroxylation is 1. The lowest BCUT2D eigenvalue weighted by molar-refractivity contribution is -0.107. The summed E-state index contributed by atoms with van der Waals surface area (Å²) in [5, 5.41) is 0. The Morgan fingerprint density at radius 3 is 2.76 bits per heavy atom. The van der Waals surface area contributed by atoms with Gasteiger partial charge in [0.25, 0.3) is 0 Å². The smallest absolute Gasteiger partial charge is 0.157 e. The first kappa shape index (κ1) is 12.1.